The molecule has 0 aliphatic carbocycles. The highest BCUT2D eigenvalue weighted by Gasteiger charge is 2.39. The lowest BCUT2D eigenvalue weighted by atomic mass is 9.84. The molecule has 0 spiro atoms. The Labute approximate surface area is 367 Å². The molecule has 6 N–H and O–H groups in total. The van der Waals surface area contributed by atoms with Crippen LogP contribution in [0.5, 0.6) is 0 Å². The predicted molar refractivity (Wildman–Crippen MR) is 242 cm³/mol. The van der Waals surface area contributed by atoms with Crippen LogP contribution in [0.3, 0.4) is 0 Å². The molecule has 1 aromatic heterocycles. The minimum absolute atomic E-state index is 0.0394. The molecule has 61 heavy (non-hydrogen) atoms. The van der Waals surface area contributed by atoms with Gasteiger partial charge in [-0.25, -0.2) is 9.56 Å². The number of rotatable bonds is 26. The van der Waals surface area contributed by atoms with E-state index in [-0.39, 0.29) is 60.3 Å². The van der Waals surface area contributed by atoms with E-state index in [1.165, 1.54) is 11.3 Å². The number of carbonyl (C=O) groups is 5. The summed E-state index contributed by atoms with van der Waals surface area (Å²) < 4.78 is 8.32. The van der Waals surface area contributed by atoms with Gasteiger partial charge < -0.3 is 36.4 Å². The molecule has 2 heterocycles. The Morgan fingerprint density at radius 2 is 1.75 bits per heavy atom. The number of unbranched alkanes of at least 4 members (excludes halogenated alkanes) is 3. The minimum Gasteiger partial charge on any atom is -0.481 e. The molecule has 1 aromatic carbocycles. The number of aromatic nitrogens is 1. The fourth-order valence-corrected chi connectivity index (χ4v) is 8.69. The number of carboxylic acid groups (broad SMARTS) is 1. The normalized spacial score (nSPS) is 16.8. The molecule has 0 radical (unpaired) electrons. The lowest BCUT2D eigenvalue weighted by molar-refractivity contribution is -0.525. The van der Waals surface area contributed by atoms with Crippen LogP contribution in [0.25, 0.3) is 0 Å². The van der Waals surface area contributed by atoms with E-state index >= 15 is 0 Å². The highest BCUT2D eigenvalue weighted by molar-refractivity contribution is 7.09. The summed E-state index contributed by atoms with van der Waals surface area (Å²) in [7, 11) is 1.92. The number of hydrogen-bond acceptors (Lipinski definition) is 9. The predicted octanol–water partition coefficient (Wildman–Crippen LogP) is 6.58. The summed E-state index contributed by atoms with van der Waals surface area (Å²) in [5.41, 5.74) is 5.91. The van der Waals surface area contributed by atoms with Gasteiger partial charge in [0.05, 0.1) is 12.0 Å². The van der Waals surface area contributed by atoms with Crippen LogP contribution in [-0.2, 0) is 30.3 Å². The third-order valence-corrected chi connectivity index (χ3v) is 12.7. The molecule has 15 heteroatoms. The van der Waals surface area contributed by atoms with Gasteiger partial charge in [0, 0.05) is 55.6 Å². The van der Waals surface area contributed by atoms with Crippen molar-refractivity contribution in [1.82, 2.24) is 20.5 Å². The van der Waals surface area contributed by atoms with Gasteiger partial charge in [-0.1, -0.05) is 72.4 Å². The van der Waals surface area contributed by atoms with Gasteiger partial charge in [-0.3, -0.25) is 24.0 Å². The number of nitrogens with one attached hydrogen (secondary N) is 3. The number of thiazole rings is 1. The summed E-state index contributed by atoms with van der Waals surface area (Å²) in [5, 5.41) is 21.2. The first-order chi connectivity index (χ1) is 29.0. The Hall–Kier alpha value is -4.21. The van der Waals surface area contributed by atoms with E-state index in [0.717, 1.165) is 56.9 Å². The van der Waals surface area contributed by atoms with Crippen LogP contribution in [0.15, 0.2) is 29.6 Å². The van der Waals surface area contributed by atoms with Crippen LogP contribution in [0.4, 0.5) is 5.69 Å². The van der Waals surface area contributed by atoms with E-state index in [1.807, 2.05) is 49.4 Å². The van der Waals surface area contributed by atoms with Gasteiger partial charge in [0.1, 0.15) is 36.1 Å². The molecule has 6 atom stereocenters. The molecule has 0 fully saturated rings. The summed E-state index contributed by atoms with van der Waals surface area (Å²) in [6, 6.07) is 5.33. The smallest absolute Gasteiger partial charge is 0.309 e. The molecule has 14 nitrogen and oxygen atoms in total. The Morgan fingerprint density at radius 3 is 2.34 bits per heavy atom. The van der Waals surface area contributed by atoms with Crippen LogP contribution in [0.1, 0.15) is 147 Å². The first-order valence-electron chi connectivity index (χ1n) is 22.3. The first-order valence-corrected chi connectivity index (χ1v) is 23.2. The van der Waals surface area contributed by atoms with Gasteiger partial charge >= 0.3 is 5.97 Å². The van der Waals surface area contributed by atoms with Gasteiger partial charge in [-0.05, 0) is 76.0 Å². The SMILES string of the molecule is CCCCCCN(C(=O)[C@@H](NC(=O)[C@H]1CCCC=[N+]1C)[C@@H](C)CC)[C@H](C[C@@H](OCC)c1nc(C(=O)N[C@@H](Cc2ccc(NC(=O)CN)cc2)CC(C)(C)C(=O)O)cs1)C(C)C. The van der Waals surface area contributed by atoms with Crippen LogP contribution >= 0.6 is 11.3 Å². The molecule has 0 saturated heterocycles. The van der Waals surface area contributed by atoms with E-state index in [4.69, 9.17) is 15.5 Å². The molecule has 1 aliphatic heterocycles. The van der Waals surface area contributed by atoms with Crippen molar-refractivity contribution in [3.05, 3.63) is 45.9 Å². The molecule has 340 valence electrons. The Morgan fingerprint density at radius 1 is 1.05 bits per heavy atom. The van der Waals surface area contributed by atoms with Crippen LogP contribution in [0.2, 0.25) is 0 Å². The Kier molecular flexibility index (Phi) is 21.0. The van der Waals surface area contributed by atoms with Crippen molar-refractivity contribution in [2.24, 2.45) is 23.0 Å². The molecule has 1 aliphatic rings. The maximum Gasteiger partial charge on any atom is 0.309 e. The zero-order valence-corrected chi connectivity index (χ0v) is 38.9. The third-order valence-electron chi connectivity index (χ3n) is 11.8. The molecule has 3 rings (SSSR count). The number of amides is 4. The fraction of sp³-hybridized carbons (Fsp3) is 0.674. The largest absolute Gasteiger partial charge is 0.481 e. The number of likely N-dealkylation sites (N-methyl/N-ethyl adjacent to an activating group) is 1. The summed E-state index contributed by atoms with van der Waals surface area (Å²) in [6.45, 7) is 16.4. The Bertz CT molecular complexity index is 1760. The van der Waals surface area contributed by atoms with Gasteiger partial charge in [-0.15, -0.1) is 11.3 Å². The number of anilines is 1. The molecule has 0 unspecified atom stereocenters. The topological polar surface area (TPSA) is 196 Å². The van der Waals surface area contributed by atoms with E-state index in [1.54, 1.807) is 31.4 Å². The van der Waals surface area contributed by atoms with Crippen molar-refractivity contribution in [1.29, 1.82) is 0 Å². The standard InChI is InChI=1S/C46H73N7O7S/c1-10-13-14-16-24-53(44(57)40(31(6)11-2)51-42(56)36-18-15-17-23-52(36)9)37(30(4)5)26-38(60-12-3)43-50-35(29-61-43)41(55)49-34(27-46(7,8)45(58)59)25-32-19-21-33(22-20-32)48-39(54)28-47/h19-23,29-31,34,36-38,40H,10-18,24-28,47H2,1-9H3,(H3-,48,49,51,54,55,56,58,59)/p+1/t31-,34-,36+,37+,38+,40-/m0/s1. The van der Waals surface area contributed by atoms with Crippen molar-refractivity contribution in [2.75, 3.05) is 32.1 Å². The van der Waals surface area contributed by atoms with Crippen LogP contribution < -0.4 is 21.7 Å². The molecule has 0 saturated carbocycles. The second kappa shape index (κ2) is 25.0. The third kappa shape index (κ3) is 15.6. The number of carbonyl (C=O) groups excluding carboxylic acids is 4. The maximum atomic E-state index is 14.9. The number of hydrogen-bond donors (Lipinski definition) is 5. The van der Waals surface area contributed by atoms with Gasteiger partial charge in [0.25, 0.3) is 11.8 Å². The molecule has 4 amide bonds. The first kappa shape index (κ1) is 51.1. The number of carboxylic acids is 1. The summed E-state index contributed by atoms with van der Waals surface area (Å²) in [4.78, 5) is 73.2. The molecular weight excluding hydrogens is 795 g/mol. The van der Waals surface area contributed by atoms with Gasteiger partial charge in [0.15, 0.2) is 0 Å². The van der Waals surface area contributed by atoms with Crippen molar-refractivity contribution < 1.29 is 38.4 Å². The van der Waals surface area contributed by atoms with Crippen molar-refractivity contribution in [3.63, 3.8) is 0 Å². The van der Waals surface area contributed by atoms with E-state index in [2.05, 4.69) is 42.9 Å². The molecule has 0 bridgehead atoms. The van der Waals surface area contributed by atoms with Gasteiger partial charge in [0.2, 0.25) is 17.9 Å². The van der Waals surface area contributed by atoms with Crippen molar-refractivity contribution in [3.8, 4) is 0 Å². The summed E-state index contributed by atoms with van der Waals surface area (Å²) in [5.74, 6) is -1.98. The molecular formula is C46H74N7O7S+. The number of ether oxygens (including phenoxy) is 1. The average molecular weight is 869 g/mol. The number of benzene rings is 1. The number of aliphatic carboxylic acids is 1. The second-order valence-corrected chi connectivity index (χ2v) is 18.4. The average Bonchev–Trinajstić information content (AvgIpc) is 3.72. The lowest BCUT2D eigenvalue weighted by Crippen LogP contribution is -2.58. The summed E-state index contributed by atoms with van der Waals surface area (Å²) >= 11 is 1.32. The maximum absolute atomic E-state index is 14.9. The highest BCUT2D eigenvalue weighted by atomic mass is 32.1. The molecule has 2 aromatic rings. The number of nitrogens with zero attached hydrogens (tertiary/aromatic N) is 3. The van der Waals surface area contributed by atoms with Crippen molar-refractivity contribution >= 4 is 52.8 Å². The highest BCUT2D eigenvalue weighted by Crippen LogP contribution is 2.32. The zero-order valence-electron chi connectivity index (χ0n) is 38.1. The van der Waals surface area contributed by atoms with Gasteiger partial charge in [-0.2, -0.15) is 0 Å². The lowest BCUT2D eigenvalue weighted by Gasteiger charge is -2.39. The van der Waals surface area contributed by atoms with E-state index in [9.17, 15) is 29.1 Å². The van der Waals surface area contributed by atoms with Crippen molar-refractivity contribution in [2.45, 2.75) is 156 Å². The Balaban J connectivity index is 1.91. The second-order valence-electron chi connectivity index (χ2n) is 17.5. The minimum atomic E-state index is -1.13. The fourth-order valence-electron chi connectivity index (χ4n) is 7.83. The quantitative estimate of drug-likeness (QED) is 0.0513. The van der Waals surface area contributed by atoms with Crippen LogP contribution in [0, 0.1) is 17.3 Å². The summed E-state index contributed by atoms with van der Waals surface area (Å²) in [6.07, 6.45) is 9.75. The number of nitrogens with two attached hydrogens (primary N) is 1. The van der Waals surface area contributed by atoms with E-state index < -0.39 is 35.5 Å². The van der Waals surface area contributed by atoms with Crippen LogP contribution in [-0.4, -0.2) is 106 Å². The zero-order chi connectivity index (χ0) is 45.3. The van der Waals surface area contributed by atoms with E-state index in [0.29, 0.717) is 36.7 Å². The monoisotopic (exact) mass is 869 g/mol.